The van der Waals surface area contributed by atoms with Crippen LogP contribution < -0.4 is 0 Å². The average Bonchev–Trinajstić information content (AvgIpc) is 2.99. The Morgan fingerprint density at radius 2 is 2.12 bits per heavy atom. The normalized spacial score (nSPS) is 10.8. The number of aromatic nitrogens is 2. The molecule has 7 nitrogen and oxygen atoms in total. The van der Waals surface area contributed by atoms with Gasteiger partial charge in [-0.05, 0) is 24.3 Å². The van der Waals surface area contributed by atoms with Crippen LogP contribution in [0.15, 0.2) is 36.7 Å². The molecule has 0 bridgehead atoms. The molecule has 9 heteroatoms. The molecule has 0 fully saturated rings. The minimum atomic E-state index is -0.640. The standard InChI is InChI=1S/C15H9Cl2N3O4/c16-9-5-8(13(20(22)23)12(17)6-9)7-24-15(21)11-2-4-19-14-10(11)1-3-18-14/h1-6H,7H2,(H,18,19). The summed E-state index contributed by atoms with van der Waals surface area (Å²) in [7, 11) is 0. The molecule has 0 saturated heterocycles. The monoisotopic (exact) mass is 365 g/mol. The third kappa shape index (κ3) is 3.04. The summed E-state index contributed by atoms with van der Waals surface area (Å²) in [6.45, 7) is -0.330. The van der Waals surface area contributed by atoms with E-state index in [9.17, 15) is 14.9 Å². The van der Waals surface area contributed by atoms with E-state index in [1.165, 1.54) is 24.4 Å². The maximum atomic E-state index is 12.3. The lowest BCUT2D eigenvalue weighted by Crippen LogP contribution is -2.07. The van der Waals surface area contributed by atoms with Gasteiger partial charge in [-0.15, -0.1) is 0 Å². The first-order valence-electron chi connectivity index (χ1n) is 6.69. The van der Waals surface area contributed by atoms with Crippen LogP contribution in [0.2, 0.25) is 10.0 Å². The number of nitro groups is 1. The summed E-state index contributed by atoms with van der Waals surface area (Å²) in [6.07, 6.45) is 3.12. The number of pyridine rings is 1. The van der Waals surface area contributed by atoms with Crippen molar-refractivity contribution in [2.24, 2.45) is 0 Å². The van der Waals surface area contributed by atoms with Crippen molar-refractivity contribution < 1.29 is 14.5 Å². The molecule has 1 N–H and O–H groups in total. The summed E-state index contributed by atoms with van der Waals surface area (Å²) in [6, 6.07) is 5.81. The van der Waals surface area contributed by atoms with E-state index in [1.807, 2.05) is 0 Å². The Hall–Kier alpha value is -2.64. The SMILES string of the molecule is O=C(OCc1cc(Cl)cc(Cl)c1[N+](=O)[O-])c1ccnc2[nH]ccc12. The van der Waals surface area contributed by atoms with E-state index in [0.29, 0.717) is 16.6 Å². The van der Waals surface area contributed by atoms with E-state index in [4.69, 9.17) is 27.9 Å². The fraction of sp³-hybridized carbons (Fsp3) is 0.0667. The molecule has 2 heterocycles. The van der Waals surface area contributed by atoms with Crippen LogP contribution >= 0.6 is 23.2 Å². The zero-order valence-electron chi connectivity index (χ0n) is 12.0. The van der Waals surface area contributed by atoms with Crippen LogP contribution in [0.3, 0.4) is 0 Å². The highest BCUT2D eigenvalue weighted by molar-refractivity contribution is 6.36. The van der Waals surface area contributed by atoms with Crippen LogP contribution in [0, 0.1) is 10.1 Å². The largest absolute Gasteiger partial charge is 0.457 e. The molecule has 0 atom stereocenters. The van der Waals surface area contributed by atoms with E-state index < -0.39 is 10.9 Å². The summed E-state index contributed by atoms with van der Waals surface area (Å²) < 4.78 is 5.19. The second-order valence-corrected chi connectivity index (χ2v) is 5.67. The van der Waals surface area contributed by atoms with Crippen LogP contribution in [-0.4, -0.2) is 20.9 Å². The van der Waals surface area contributed by atoms with E-state index in [-0.39, 0.29) is 27.9 Å². The van der Waals surface area contributed by atoms with Crippen LogP contribution in [0.5, 0.6) is 0 Å². The molecule has 2 aromatic heterocycles. The van der Waals surface area contributed by atoms with Gasteiger partial charge in [0.15, 0.2) is 0 Å². The Kier molecular flexibility index (Phi) is 4.37. The predicted molar refractivity (Wildman–Crippen MR) is 88.3 cm³/mol. The molecule has 1 aromatic carbocycles. The molecule has 0 aliphatic heterocycles. The molecule has 3 aromatic rings. The van der Waals surface area contributed by atoms with Crippen LogP contribution in [0.1, 0.15) is 15.9 Å². The number of rotatable bonds is 4. The van der Waals surface area contributed by atoms with Gasteiger partial charge in [-0.3, -0.25) is 10.1 Å². The summed E-state index contributed by atoms with van der Waals surface area (Å²) in [5.74, 6) is -0.632. The maximum absolute atomic E-state index is 12.3. The van der Waals surface area contributed by atoms with Crippen molar-refractivity contribution in [2.75, 3.05) is 0 Å². The summed E-state index contributed by atoms with van der Waals surface area (Å²) in [5, 5.41) is 11.8. The molecular weight excluding hydrogens is 357 g/mol. The van der Waals surface area contributed by atoms with Crippen LogP contribution in [0.25, 0.3) is 11.0 Å². The van der Waals surface area contributed by atoms with Gasteiger partial charge >= 0.3 is 5.97 Å². The van der Waals surface area contributed by atoms with Crippen LogP contribution in [0.4, 0.5) is 5.69 Å². The average molecular weight is 366 g/mol. The van der Waals surface area contributed by atoms with Crippen molar-refractivity contribution in [3.8, 4) is 0 Å². The molecule has 0 saturated carbocycles. The number of nitrogens with one attached hydrogen (secondary N) is 1. The lowest BCUT2D eigenvalue weighted by molar-refractivity contribution is -0.385. The zero-order valence-corrected chi connectivity index (χ0v) is 13.5. The Morgan fingerprint density at radius 3 is 2.88 bits per heavy atom. The molecule has 0 radical (unpaired) electrons. The van der Waals surface area contributed by atoms with Gasteiger partial charge in [0.1, 0.15) is 17.3 Å². The number of benzene rings is 1. The lowest BCUT2D eigenvalue weighted by Gasteiger charge is -2.08. The van der Waals surface area contributed by atoms with Crippen molar-refractivity contribution in [1.29, 1.82) is 0 Å². The number of esters is 1. The number of hydrogen-bond donors (Lipinski definition) is 1. The Labute approximate surface area is 145 Å². The van der Waals surface area contributed by atoms with E-state index >= 15 is 0 Å². The van der Waals surface area contributed by atoms with Crippen molar-refractivity contribution in [1.82, 2.24) is 9.97 Å². The first kappa shape index (κ1) is 16.2. The Balaban J connectivity index is 1.87. The second-order valence-electron chi connectivity index (χ2n) is 4.83. The maximum Gasteiger partial charge on any atom is 0.339 e. The first-order chi connectivity index (χ1) is 11.5. The Bertz CT molecular complexity index is 955. The number of fused-ring (bicyclic) bond motifs is 1. The highest BCUT2D eigenvalue weighted by Gasteiger charge is 2.22. The quantitative estimate of drug-likeness (QED) is 0.425. The summed E-state index contributed by atoms with van der Waals surface area (Å²) in [5.41, 5.74) is 0.624. The number of carbonyl (C=O) groups is 1. The smallest absolute Gasteiger partial charge is 0.339 e. The zero-order chi connectivity index (χ0) is 17.3. The van der Waals surface area contributed by atoms with Crippen molar-refractivity contribution in [3.63, 3.8) is 0 Å². The number of carbonyl (C=O) groups excluding carboxylic acids is 1. The minimum absolute atomic E-state index is 0.115. The molecule has 3 rings (SSSR count). The molecule has 0 unspecified atom stereocenters. The predicted octanol–water partition coefficient (Wildman–Crippen LogP) is 4.13. The number of halogens is 2. The minimum Gasteiger partial charge on any atom is -0.457 e. The van der Waals surface area contributed by atoms with Crippen molar-refractivity contribution in [3.05, 3.63) is 67.9 Å². The van der Waals surface area contributed by atoms with Gasteiger partial charge in [-0.25, -0.2) is 9.78 Å². The van der Waals surface area contributed by atoms with E-state index in [0.717, 1.165) is 0 Å². The third-order valence-electron chi connectivity index (χ3n) is 3.33. The van der Waals surface area contributed by atoms with Crippen molar-refractivity contribution >= 4 is 45.9 Å². The van der Waals surface area contributed by atoms with Crippen molar-refractivity contribution in [2.45, 2.75) is 6.61 Å². The van der Waals surface area contributed by atoms with Gasteiger partial charge in [0.2, 0.25) is 0 Å². The van der Waals surface area contributed by atoms with E-state index in [1.54, 1.807) is 12.3 Å². The summed E-state index contributed by atoms with van der Waals surface area (Å²) in [4.78, 5) is 29.7. The van der Waals surface area contributed by atoms with Gasteiger partial charge in [-0.1, -0.05) is 23.2 Å². The molecule has 122 valence electrons. The number of ether oxygens (including phenoxy) is 1. The highest BCUT2D eigenvalue weighted by atomic mass is 35.5. The fourth-order valence-corrected chi connectivity index (χ4v) is 2.90. The van der Waals surface area contributed by atoms with Gasteiger partial charge in [0.25, 0.3) is 5.69 Å². The number of aromatic amines is 1. The summed E-state index contributed by atoms with van der Waals surface area (Å²) >= 11 is 11.7. The molecule has 0 spiro atoms. The molecule has 0 aliphatic rings. The first-order valence-corrected chi connectivity index (χ1v) is 7.44. The molecule has 0 amide bonds. The molecular formula is C15H9Cl2N3O4. The topological polar surface area (TPSA) is 98.1 Å². The number of nitrogens with zero attached hydrogens (tertiary/aromatic N) is 2. The van der Waals surface area contributed by atoms with Gasteiger partial charge in [0.05, 0.1) is 16.1 Å². The Morgan fingerprint density at radius 1 is 1.33 bits per heavy atom. The highest BCUT2D eigenvalue weighted by Crippen LogP contribution is 2.32. The van der Waals surface area contributed by atoms with Crippen LogP contribution in [-0.2, 0) is 11.3 Å². The third-order valence-corrected chi connectivity index (χ3v) is 3.83. The van der Waals surface area contributed by atoms with E-state index in [2.05, 4.69) is 9.97 Å². The number of nitro benzene ring substituents is 1. The lowest BCUT2D eigenvalue weighted by atomic mass is 10.2. The second kappa shape index (κ2) is 6.46. The fourth-order valence-electron chi connectivity index (χ4n) is 2.29. The molecule has 24 heavy (non-hydrogen) atoms. The van der Waals surface area contributed by atoms with Gasteiger partial charge < -0.3 is 9.72 Å². The number of hydrogen-bond acceptors (Lipinski definition) is 5. The molecule has 0 aliphatic carbocycles. The van der Waals surface area contributed by atoms with Gasteiger partial charge in [-0.2, -0.15) is 0 Å². The van der Waals surface area contributed by atoms with Gasteiger partial charge in [0, 0.05) is 22.8 Å². The number of H-pyrrole nitrogens is 1.